The van der Waals surface area contributed by atoms with Crippen molar-refractivity contribution in [2.45, 2.75) is 27.3 Å². The average molecular weight is 430 g/mol. The van der Waals surface area contributed by atoms with E-state index in [1.54, 1.807) is 35.6 Å². The molecule has 0 unspecified atom stereocenters. The third-order valence-corrected chi connectivity index (χ3v) is 5.00. The van der Waals surface area contributed by atoms with Gasteiger partial charge in [-0.15, -0.1) is 0 Å². The van der Waals surface area contributed by atoms with Gasteiger partial charge in [-0.1, -0.05) is 32.9 Å². The van der Waals surface area contributed by atoms with Crippen LogP contribution in [0.2, 0.25) is 0 Å². The number of fused-ring (bicyclic) bond motifs is 1. The molecule has 1 aromatic carbocycles. The molecule has 0 bridgehead atoms. The number of nitrogens with zero attached hydrogens (tertiary/aromatic N) is 5. The molecule has 0 saturated carbocycles. The fourth-order valence-corrected chi connectivity index (χ4v) is 3.58. The summed E-state index contributed by atoms with van der Waals surface area (Å²) in [6.45, 7) is 6.98. The van der Waals surface area contributed by atoms with Crippen molar-refractivity contribution >= 4 is 17.4 Å². The lowest BCUT2D eigenvalue weighted by atomic mass is 9.97. The number of pyridine rings is 2. The molecule has 3 heterocycles. The van der Waals surface area contributed by atoms with Gasteiger partial charge < -0.3 is 4.74 Å². The molecule has 0 aliphatic heterocycles. The summed E-state index contributed by atoms with van der Waals surface area (Å²) in [5.74, 6) is 1.16. The highest BCUT2D eigenvalue weighted by Gasteiger charge is 2.19. The fraction of sp³-hybridized carbons (Fsp3) is 0.280. The van der Waals surface area contributed by atoms with Crippen molar-refractivity contribution in [3.05, 3.63) is 70.8 Å². The number of rotatable bonds is 5. The van der Waals surface area contributed by atoms with Gasteiger partial charge in [-0.25, -0.2) is 14.8 Å². The zero-order valence-electron chi connectivity index (χ0n) is 19.0. The molecule has 7 nitrogen and oxygen atoms in total. The van der Waals surface area contributed by atoms with Gasteiger partial charge in [0.25, 0.3) is 0 Å². The fourth-order valence-electron chi connectivity index (χ4n) is 3.58. The highest BCUT2D eigenvalue weighted by atomic mass is 16.5. The maximum absolute atomic E-state index is 12.8. The Morgan fingerprint density at radius 2 is 1.94 bits per heavy atom. The molecule has 0 N–H and O–H groups in total. The van der Waals surface area contributed by atoms with Crippen LogP contribution >= 0.6 is 0 Å². The first-order valence-electron chi connectivity index (χ1n) is 10.5. The lowest BCUT2D eigenvalue weighted by Crippen LogP contribution is -2.27. The lowest BCUT2D eigenvalue weighted by Gasteiger charge is -2.18. The molecule has 0 atom stereocenters. The van der Waals surface area contributed by atoms with E-state index in [-0.39, 0.29) is 11.1 Å². The Morgan fingerprint density at radius 3 is 2.62 bits per heavy atom. The van der Waals surface area contributed by atoms with E-state index in [2.05, 4.69) is 30.7 Å². The summed E-state index contributed by atoms with van der Waals surface area (Å²) in [5, 5.41) is 0. The minimum absolute atomic E-state index is 0.0158. The Labute approximate surface area is 187 Å². The summed E-state index contributed by atoms with van der Waals surface area (Å²) in [5.41, 5.74) is 4.01. The number of hydrogen-bond acceptors (Lipinski definition) is 5. The Morgan fingerprint density at radius 1 is 1.12 bits per heavy atom. The van der Waals surface area contributed by atoms with Gasteiger partial charge in [0.15, 0.2) is 5.65 Å². The van der Waals surface area contributed by atoms with E-state index in [1.807, 2.05) is 48.5 Å². The van der Waals surface area contributed by atoms with E-state index in [9.17, 15) is 4.79 Å². The first kappa shape index (κ1) is 21.5. The third kappa shape index (κ3) is 4.46. The minimum Gasteiger partial charge on any atom is -0.439 e. The second kappa shape index (κ2) is 8.42. The molecule has 0 radical (unpaired) electrons. The van der Waals surface area contributed by atoms with Crippen molar-refractivity contribution in [3.8, 4) is 22.9 Å². The van der Waals surface area contributed by atoms with Crippen LogP contribution in [-0.4, -0.2) is 32.4 Å². The van der Waals surface area contributed by atoms with Crippen molar-refractivity contribution in [1.82, 2.24) is 19.1 Å². The molecule has 0 aliphatic carbocycles. The van der Waals surface area contributed by atoms with Crippen LogP contribution in [0.15, 0.2) is 64.5 Å². The van der Waals surface area contributed by atoms with Crippen LogP contribution in [0.1, 0.15) is 26.3 Å². The summed E-state index contributed by atoms with van der Waals surface area (Å²) >= 11 is 0. The monoisotopic (exact) mass is 429 g/mol. The van der Waals surface area contributed by atoms with Crippen molar-refractivity contribution in [1.29, 1.82) is 0 Å². The maximum Gasteiger partial charge on any atom is 0.330 e. The number of aromatic nitrogens is 4. The summed E-state index contributed by atoms with van der Waals surface area (Å²) in [7, 11) is 3.48. The summed E-state index contributed by atoms with van der Waals surface area (Å²) in [6.07, 6.45) is 3.45. The third-order valence-electron chi connectivity index (χ3n) is 5.00. The van der Waals surface area contributed by atoms with Gasteiger partial charge >= 0.3 is 5.69 Å². The van der Waals surface area contributed by atoms with Crippen molar-refractivity contribution in [3.63, 3.8) is 0 Å². The normalized spacial score (nSPS) is 12.0. The summed E-state index contributed by atoms with van der Waals surface area (Å²) in [6, 6.07) is 15.3. The number of aliphatic imine (C=N–C) groups is 1. The first-order chi connectivity index (χ1) is 15.2. The highest BCUT2D eigenvalue weighted by Crippen LogP contribution is 2.27. The first-order valence-corrected chi connectivity index (χ1v) is 10.5. The Hall–Kier alpha value is -3.74. The molecule has 0 saturated heterocycles. The molecule has 0 fully saturated rings. The van der Waals surface area contributed by atoms with E-state index in [0.29, 0.717) is 23.8 Å². The van der Waals surface area contributed by atoms with Crippen LogP contribution in [-0.2, 0) is 13.6 Å². The van der Waals surface area contributed by atoms with Gasteiger partial charge in [0.05, 0.1) is 11.2 Å². The van der Waals surface area contributed by atoms with Crippen LogP contribution in [0, 0.1) is 5.41 Å². The number of imidazole rings is 1. The van der Waals surface area contributed by atoms with Crippen molar-refractivity contribution in [2.24, 2.45) is 17.5 Å². The van der Waals surface area contributed by atoms with Gasteiger partial charge in [-0.2, -0.15) is 0 Å². The molecule has 4 aromatic rings. The van der Waals surface area contributed by atoms with E-state index in [1.165, 1.54) is 0 Å². The molecule has 32 heavy (non-hydrogen) atoms. The SMILES string of the molecule is CN=Cc1ccc(Oc2cccc(-c3ccc4c(n3)n(C)c(=O)n4CC(C)(C)C)c2)nc1. The average Bonchev–Trinajstić information content (AvgIpc) is 2.99. The Bertz CT molecular complexity index is 1340. The number of ether oxygens (including phenoxy) is 1. The topological polar surface area (TPSA) is 74.3 Å². The quantitative estimate of drug-likeness (QED) is 0.432. The maximum atomic E-state index is 12.8. The minimum atomic E-state index is -0.0562. The second-order valence-electron chi connectivity index (χ2n) is 8.97. The lowest BCUT2D eigenvalue weighted by molar-refractivity contribution is 0.342. The van der Waals surface area contributed by atoms with Crippen LogP contribution in [0.4, 0.5) is 0 Å². The second-order valence-corrected chi connectivity index (χ2v) is 8.97. The van der Waals surface area contributed by atoms with Gasteiger partial charge in [0.1, 0.15) is 5.75 Å². The molecule has 0 amide bonds. The molecular formula is C25H27N5O2. The Kier molecular flexibility index (Phi) is 5.65. The van der Waals surface area contributed by atoms with Crippen LogP contribution in [0.25, 0.3) is 22.4 Å². The molecule has 164 valence electrons. The molecule has 0 aliphatic rings. The predicted octanol–water partition coefficient (Wildman–Crippen LogP) is 4.68. The number of hydrogen-bond donors (Lipinski definition) is 0. The standard InChI is InChI=1S/C25H27N5O2/c1-25(2,3)16-30-21-11-10-20(28-23(21)29(5)24(30)31)18-7-6-8-19(13-18)32-22-12-9-17(14-26-4)15-27-22/h6-15H,16H2,1-5H3. The van der Waals surface area contributed by atoms with E-state index < -0.39 is 0 Å². The number of aryl methyl sites for hydroxylation is 1. The van der Waals surface area contributed by atoms with Crippen molar-refractivity contribution < 1.29 is 4.74 Å². The molecular weight excluding hydrogens is 402 g/mol. The largest absolute Gasteiger partial charge is 0.439 e. The highest BCUT2D eigenvalue weighted by molar-refractivity contribution is 5.79. The zero-order chi connectivity index (χ0) is 22.9. The molecule has 7 heteroatoms. The van der Waals surface area contributed by atoms with Gasteiger partial charge in [-0.3, -0.25) is 14.1 Å². The zero-order valence-corrected chi connectivity index (χ0v) is 19.0. The van der Waals surface area contributed by atoms with E-state index >= 15 is 0 Å². The molecule has 3 aromatic heterocycles. The van der Waals surface area contributed by atoms with Crippen molar-refractivity contribution in [2.75, 3.05) is 7.05 Å². The molecule has 4 rings (SSSR count). The van der Waals surface area contributed by atoms with Gasteiger partial charge in [0, 0.05) is 50.2 Å². The summed E-state index contributed by atoms with van der Waals surface area (Å²) in [4.78, 5) is 25.9. The van der Waals surface area contributed by atoms with E-state index in [4.69, 9.17) is 9.72 Å². The van der Waals surface area contributed by atoms with Crippen LogP contribution in [0.3, 0.4) is 0 Å². The van der Waals surface area contributed by atoms with Crippen LogP contribution in [0.5, 0.6) is 11.6 Å². The van der Waals surface area contributed by atoms with Gasteiger partial charge in [0.2, 0.25) is 5.88 Å². The predicted molar refractivity (Wildman–Crippen MR) is 128 cm³/mol. The van der Waals surface area contributed by atoms with Crippen LogP contribution < -0.4 is 10.4 Å². The number of benzene rings is 1. The van der Waals surface area contributed by atoms with E-state index in [0.717, 1.165) is 22.3 Å². The van der Waals surface area contributed by atoms with Gasteiger partial charge in [-0.05, 0) is 35.7 Å². The Balaban J connectivity index is 1.66. The molecule has 0 spiro atoms. The smallest absolute Gasteiger partial charge is 0.330 e. The summed E-state index contributed by atoms with van der Waals surface area (Å²) < 4.78 is 9.32.